The lowest BCUT2D eigenvalue weighted by Crippen LogP contribution is -2.44. The number of halogens is 2. The number of nitro benzene ring substituents is 1. The molecule has 0 fully saturated rings. The average molecular weight is 304 g/mol. The summed E-state index contributed by atoms with van der Waals surface area (Å²) in [4.78, 5) is 31.9. The van der Waals surface area contributed by atoms with Gasteiger partial charge in [0.15, 0.2) is 6.04 Å². The van der Waals surface area contributed by atoms with E-state index in [-0.39, 0.29) is 0 Å². The van der Waals surface area contributed by atoms with Crippen LogP contribution in [0, 0.1) is 21.7 Å². The fourth-order valence-corrected chi connectivity index (χ4v) is 1.45. The Bertz CT molecular complexity index is 592. The van der Waals surface area contributed by atoms with E-state index in [0.717, 1.165) is 0 Å². The molecule has 1 amide bonds. The molecule has 0 aliphatic carbocycles. The first-order chi connectivity index (χ1) is 9.77. The van der Waals surface area contributed by atoms with Crippen molar-refractivity contribution in [3.63, 3.8) is 0 Å². The predicted molar refractivity (Wildman–Crippen MR) is 63.8 cm³/mol. The van der Waals surface area contributed by atoms with E-state index in [2.05, 4.69) is 4.74 Å². The number of amides is 1. The zero-order chi connectivity index (χ0) is 16.2. The van der Waals surface area contributed by atoms with Crippen molar-refractivity contribution in [3.05, 3.63) is 39.4 Å². The third-order valence-electron chi connectivity index (χ3n) is 2.40. The number of nitrogens with zero attached hydrogens (tertiary/aromatic N) is 1. The van der Waals surface area contributed by atoms with Gasteiger partial charge in [-0.3, -0.25) is 14.9 Å². The molecule has 1 aromatic rings. The Morgan fingerprint density at radius 2 is 2.10 bits per heavy atom. The molecule has 0 aliphatic heterocycles. The minimum absolute atomic E-state index is 0.315. The van der Waals surface area contributed by atoms with Crippen LogP contribution in [0.1, 0.15) is 10.4 Å². The number of hydrogen-bond donors (Lipinski definition) is 2. The highest BCUT2D eigenvalue weighted by Crippen LogP contribution is 2.22. The Morgan fingerprint density at radius 1 is 1.48 bits per heavy atom. The van der Waals surface area contributed by atoms with Gasteiger partial charge in [-0.2, -0.15) is 4.39 Å². The molecule has 0 heterocycles. The first-order valence-corrected chi connectivity index (χ1v) is 5.44. The number of carbonyl (C=O) groups is 2. The highest BCUT2D eigenvalue weighted by molar-refractivity contribution is 5.97. The molecule has 0 aromatic heterocycles. The summed E-state index contributed by atoms with van der Waals surface area (Å²) in [6.07, 6.45) is 0. The number of benzene rings is 1. The molecule has 1 atom stereocenters. The van der Waals surface area contributed by atoms with Gasteiger partial charge >= 0.3 is 11.7 Å². The Labute approximate surface area is 116 Å². The number of nitro groups is 1. The largest absolute Gasteiger partial charge is 0.480 e. The molecule has 10 heteroatoms. The molecule has 1 unspecified atom stereocenters. The van der Waals surface area contributed by atoms with Gasteiger partial charge in [0.2, 0.25) is 5.82 Å². The summed E-state index contributed by atoms with van der Waals surface area (Å²) in [7, 11) is 1.18. The van der Waals surface area contributed by atoms with Crippen LogP contribution >= 0.6 is 0 Å². The second-order valence-electron chi connectivity index (χ2n) is 3.86. The van der Waals surface area contributed by atoms with Crippen LogP contribution in [-0.2, 0) is 9.53 Å². The zero-order valence-corrected chi connectivity index (χ0v) is 10.6. The molecule has 8 nitrogen and oxygen atoms in total. The maximum Gasteiger partial charge on any atom is 0.328 e. The van der Waals surface area contributed by atoms with Crippen molar-refractivity contribution < 1.29 is 33.1 Å². The van der Waals surface area contributed by atoms with E-state index < -0.39 is 52.3 Å². The molecule has 1 rings (SSSR count). The van der Waals surface area contributed by atoms with E-state index in [1.54, 1.807) is 0 Å². The lowest BCUT2D eigenvalue weighted by atomic mass is 10.1. The Morgan fingerprint density at radius 3 is 2.57 bits per heavy atom. The number of hydrogen-bond acceptors (Lipinski definition) is 5. The van der Waals surface area contributed by atoms with Crippen molar-refractivity contribution in [2.24, 2.45) is 0 Å². The first-order valence-electron chi connectivity index (χ1n) is 5.44. The summed E-state index contributed by atoms with van der Waals surface area (Å²) >= 11 is 0. The van der Waals surface area contributed by atoms with Crippen molar-refractivity contribution in [1.82, 2.24) is 5.32 Å². The molecule has 21 heavy (non-hydrogen) atoms. The summed E-state index contributed by atoms with van der Waals surface area (Å²) in [5.74, 6) is -5.52. The second-order valence-corrected chi connectivity index (χ2v) is 3.86. The maximum absolute atomic E-state index is 13.7. The van der Waals surface area contributed by atoms with Crippen LogP contribution in [-0.4, -0.2) is 41.7 Å². The van der Waals surface area contributed by atoms with E-state index in [4.69, 9.17) is 5.11 Å². The molecule has 0 bridgehead atoms. The third-order valence-corrected chi connectivity index (χ3v) is 2.40. The molecular weight excluding hydrogens is 294 g/mol. The van der Waals surface area contributed by atoms with Gasteiger partial charge in [-0.15, -0.1) is 0 Å². The smallest absolute Gasteiger partial charge is 0.328 e. The molecule has 0 spiro atoms. The van der Waals surface area contributed by atoms with E-state index in [1.807, 2.05) is 5.32 Å². The normalized spacial score (nSPS) is 11.8. The van der Waals surface area contributed by atoms with Crippen molar-refractivity contribution in [3.8, 4) is 0 Å². The van der Waals surface area contributed by atoms with Gasteiger partial charge in [0, 0.05) is 7.11 Å². The number of ether oxygens (including phenoxy) is 1. The quantitative estimate of drug-likeness (QED) is 0.590. The number of rotatable bonds is 6. The monoisotopic (exact) mass is 304 g/mol. The topological polar surface area (TPSA) is 119 Å². The SMILES string of the molecule is COCC(NC(=O)c1cc(F)cc([N+](=O)[O-])c1F)C(=O)O. The van der Waals surface area contributed by atoms with Crippen molar-refractivity contribution >= 4 is 17.6 Å². The third kappa shape index (κ3) is 3.92. The standard InChI is InChI=1S/C11H10F2N2O6/c1-21-4-7(11(17)18)14-10(16)6-2-5(12)3-8(9(6)13)15(19)20/h2-3,7H,4H2,1H3,(H,14,16)(H,17,18). The number of carbonyl (C=O) groups excluding carboxylic acids is 1. The van der Waals surface area contributed by atoms with E-state index >= 15 is 0 Å². The average Bonchev–Trinajstić information content (AvgIpc) is 2.39. The van der Waals surface area contributed by atoms with Crippen LogP contribution in [0.15, 0.2) is 12.1 Å². The van der Waals surface area contributed by atoms with Crippen LogP contribution in [0.2, 0.25) is 0 Å². The summed E-state index contributed by atoms with van der Waals surface area (Å²) in [6.45, 7) is -0.417. The predicted octanol–water partition coefficient (Wildman–Crippen LogP) is 0.702. The maximum atomic E-state index is 13.7. The molecule has 0 saturated heterocycles. The van der Waals surface area contributed by atoms with Gasteiger partial charge in [0.05, 0.1) is 23.2 Å². The summed E-state index contributed by atoms with van der Waals surface area (Å²) < 4.78 is 31.5. The number of nitrogens with one attached hydrogen (secondary N) is 1. The minimum Gasteiger partial charge on any atom is -0.480 e. The van der Waals surface area contributed by atoms with Crippen LogP contribution in [0.25, 0.3) is 0 Å². The fourth-order valence-electron chi connectivity index (χ4n) is 1.45. The molecule has 2 N–H and O–H groups in total. The highest BCUT2D eigenvalue weighted by atomic mass is 19.1. The molecule has 0 saturated carbocycles. The minimum atomic E-state index is -1.56. The Kier molecular flexibility index (Phi) is 5.24. The molecular formula is C11H10F2N2O6. The lowest BCUT2D eigenvalue weighted by Gasteiger charge is -2.13. The van der Waals surface area contributed by atoms with Gasteiger partial charge in [-0.1, -0.05) is 0 Å². The summed E-state index contributed by atoms with van der Waals surface area (Å²) in [5, 5.41) is 21.2. The zero-order valence-electron chi connectivity index (χ0n) is 10.6. The Balaban J connectivity index is 3.12. The van der Waals surface area contributed by atoms with E-state index in [1.165, 1.54) is 7.11 Å². The van der Waals surface area contributed by atoms with E-state index in [0.29, 0.717) is 12.1 Å². The Hall–Kier alpha value is -2.62. The van der Waals surface area contributed by atoms with Gasteiger partial charge in [0.25, 0.3) is 5.91 Å². The molecule has 1 aromatic carbocycles. The first kappa shape index (κ1) is 16.4. The van der Waals surface area contributed by atoms with Crippen LogP contribution in [0.5, 0.6) is 0 Å². The van der Waals surface area contributed by atoms with Crippen LogP contribution in [0.4, 0.5) is 14.5 Å². The van der Waals surface area contributed by atoms with Gasteiger partial charge in [0.1, 0.15) is 5.82 Å². The molecule has 0 radical (unpaired) electrons. The van der Waals surface area contributed by atoms with Gasteiger partial charge in [-0.05, 0) is 6.07 Å². The van der Waals surface area contributed by atoms with E-state index in [9.17, 15) is 28.5 Å². The number of carboxylic acids is 1. The second kappa shape index (κ2) is 6.70. The van der Waals surface area contributed by atoms with Crippen molar-refractivity contribution in [1.29, 1.82) is 0 Å². The van der Waals surface area contributed by atoms with Crippen LogP contribution in [0.3, 0.4) is 0 Å². The number of aliphatic carboxylic acids is 1. The highest BCUT2D eigenvalue weighted by Gasteiger charge is 2.27. The fraction of sp³-hybridized carbons (Fsp3) is 0.273. The van der Waals surface area contributed by atoms with Crippen LogP contribution < -0.4 is 5.32 Å². The lowest BCUT2D eigenvalue weighted by molar-refractivity contribution is -0.387. The van der Waals surface area contributed by atoms with Crippen molar-refractivity contribution in [2.45, 2.75) is 6.04 Å². The number of carboxylic acid groups (broad SMARTS) is 1. The molecule has 114 valence electrons. The summed E-state index contributed by atoms with van der Waals surface area (Å²) in [5.41, 5.74) is -2.19. The molecule has 0 aliphatic rings. The van der Waals surface area contributed by atoms with Crippen molar-refractivity contribution in [2.75, 3.05) is 13.7 Å². The van der Waals surface area contributed by atoms with Gasteiger partial charge in [-0.25, -0.2) is 9.18 Å². The summed E-state index contributed by atoms with van der Waals surface area (Å²) in [6, 6.07) is -0.761. The van der Waals surface area contributed by atoms with Gasteiger partial charge < -0.3 is 15.2 Å². The number of methoxy groups -OCH3 is 1.